The molecule has 0 amide bonds. The molecule has 0 radical (unpaired) electrons. The molecule has 0 aromatic rings. The van der Waals surface area contributed by atoms with Gasteiger partial charge in [-0.05, 0) is 25.9 Å². The molecule has 0 unspecified atom stereocenters. The van der Waals surface area contributed by atoms with Gasteiger partial charge in [0.25, 0.3) is 0 Å². The van der Waals surface area contributed by atoms with E-state index in [1.807, 2.05) is 0 Å². The van der Waals surface area contributed by atoms with Crippen molar-refractivity contribution in [2.45, 2.75) is 25.9 Å². The number of terminal acetylenes is 2. The van der Waals surface area contributed by atoms with E-state index >= 15 is 0 Å². The first-order chi connectivity index (χ1) is 5.13. The van der Waals surface area contributed by atoms with E-state index in [4.69, 9.17) is 12.8 Å². The van der Waals surface area contributed by atoms with Crippen molar-refractivity contribution in [1.82, 2.24) is 0 Å². The smallest absolute Gasteiger partial charge is 0.126 e. The first-order valence-corrected chi connectivity index (χ1v) is 6.16. The molecule has 1 heterocycles. The van der Waals surface area contributed by atoms with Gasteiger partial charge in [-0.1, -0.05) is 11.1 Å². The first kappa shape index (κ1) is 8.18. The fourth-order valence-electron chi connectivity index (χ4n) is 1.52. The number of allylic oxidation sites excluding steroid dienone is 2. The fraction of sp³-hybridized carbons (Fsp3) is 0.400. The molecule has 0 spiro atoms. The van der Waals surface area contributed by atoms with E-state index in [1.54, 1.807) is 0 Å². The highest BCUT2D eigenvalue weighted by Gasteiger charge is 2.35. The van der Waals surface area contributed by atoms with Crippen LogP contribution < -0.4 is 0 Å². The van der Waals surface area contributed by atoms with Crippen LogP contribution in [0.3, 0.4) is 0 Å². The van der Waals surface area contributed by atoms with Crippen LogP contribution in [0.5, 0.6) is 0 Å². The zero-order valence-electron chi connectivity index (χ0n) is 7.07. The summed E-state index contributed by atoms with van der Waals surface area (Å²) in [6.07, 6.45) is 10.9. The van der Waals surface area contributed by atoms with Crippen molar-refractivity contribution < 1.29 is 0 Å². The maximum atomic E-state index is 5.45. The number of rotatable bonds is 0. The monoisotopic (exact) mass is 160 g/mol. The second kappa shape index (κ2) is 2.60. The normalized spacial score (nSPS) is 21.1. The second-order valence-electron chi connectivity index (χ2n) is 3.28. The lowest BCUT2D eigenvalue weighted by atomic mass is 10.2. The average Bonchev–Trinajstić information content (AvgIpc) is 2.29. The van der Waals surface area contributed by atoms with Crippen LogP contribution >= 0.6 is 0 Å². The van der Waals surface area contributed by atoms with Crippen LogP contribution in [0, 0.1) is 23.9 Å². The molecule has 1 heteroatoms. The molecule has 0 saturated carbocycles. The van der Waals surface area contributed by atoms with Crippen molar-refractivity contribution in [3.8, 4) is 23.9 Å². The SMILES string of the molecule is C#C[Si]1(C#C)CC(C)=C(C)C1. The first-order valence-electron chi connectivity index (χ1n) is 3.74. The maximum Gasteiger partial charge on any atom is 0.223 e. The van der Waals surface area contributed by atoms with Gasteiger partial charge in [0.1, 0.15) is 0 Å². The lowest BCUT2D eigenvalue weighted by molar-refractivity contribution is 1.28. The Balaban J connectivity index is 2.91. The van der Waals surface area contributed by atoms with Gasteiger partial charge < -0.3 is 0 Å². The molecule has 1 rings (SSSR count). The van der Waals surface area contributed by atoms with Crippen LogP contribution in [0.2, 0.25) is 12.1 Å². The quantitative estimate of drug-likeness (QED) is 0.289. The Labute approximate surface area is 69.7 Å². The summed E-state index contributed by atoms with van der Waals surface area (Å²) < 4.78 is 0. The molecule has 56 valence electrons. The molecule has 0 N–H and O–H groups in total. The van der Waals surface area contributed by atoms with Crippen molar-refractivity contribution in [2.75, 3.05) is 0 Å². The Bertz CT molecular complexity index is 253. The molecular weight excluding hydrogens is 148 g/mol. The minimum atomic E-state index is -1.72. The summed E-state index contributed by atoms with van der Waals surface area (Å²) in [6, 6.07) is 2.04. The number of hydrogen-bond donors (Lipinski definition) is 0. The predicted molar refractivity (Wildman–Crippen MR) is 51.4 cm³/mol. The molecular formula is C10H12Si. The minimum Gasteiger partial charge on any atom is -0.126 e. The van der Waals surface area contributed by atoms with Gasteiger partial charge in [0.05, 0.1) is 0 Å². The molecule has 0 atom stereocenters. The third-order valence-electron chi connectivity index (χ3n) is 2.42. The minimum absolute atomic E-state index is 1.02. The summed E-state index contributed by atoms with van der Waals surface area (Å²) in [7, 11) is -1.72. The predicted octanol–water partition coefficient (Wildman–Crippen LogP) is 2.13. The van der Waals surface area contributed by atoms with Crippen molar-refractivity contribution in [3.63, 3.8) is 0 Å². The van der Waals surface area contributed by atoms with Crippen LogP contribution in [0.4, 0.5) is 0 Å². The lowest BCUT2D eigenvalue weighted by Gasteiger charge is -2.10. The topological polar surface area (TPSA) is 0 Å². The van der Waals surface area contributed by atoms with Crippen LogP contribution in [-0.4, -0.2) is 8.07 Å². The van der Waals surface area contributed by atoms with Crippen molar-refractivity contribution in [1.29, 1.82) is 0 Å². The van der Waals surface area contributed by atoms with Crippen molar-refractivity contribution in [3.05, 3.63) is 11.1 Å². The molecule has 0 aromatic heterocycles. The number of hydrogen-bond acceptors (Lipinski definition) is 0. The highest BCUT2D eigenvalue weighted by molar-refractivity contribution is 6.95. The third kappa shape index (κ3) is 1.25. The molecule has 1 aliphatic heterocycles. The molecule has 0 bridgehead atoms. The van der Waals surface area contributed by atoms with E-state index in [1.165, 1.54) is 11.1 Å². The third-order valence-corrected chi connectivity index (χ3v) is 5.79. The molecule has 0 aliphatic carbocycles. The largest absolute Gasteiger partial charge is 0.223 e. The summed E-state index contributed by atoms with van der Waals surface area (Å²) in [5.41, 5.74) is 8.55. The van der Waals surface area contributed by atoms with E-state index in [0.29, 0.717) is 0 Å². The summed E-state index contributed by atoms with van der Waals surface area (Å²) in [5.74, 6) is 0. The average molecular weight is 160 g/mol. The van der Waals surface area contributed by atoms with Crippen molar-refractivity contribution >= 4 is 8.07 Å². The zero-order valence-corrected chi connectivity index (χ0v) is 8.07. The van der Waals surface area contributed by atoms with Gasteiger partial charge in [-0.15, -0.1) is 23.9 Å². The Kier molecular flexibility index (Phi) is 1.94. The molecule has 0 aromatic carbocycles. The molecule has 0 saturated heterocycles. The second-order valence-corrected chi connectivity index (χ2v) is 6.73. The maximum absolute atomic E-state index is 5.45. The fourth-order valence-corrected chi connectivity index (χ4v) is 4.55. The highest BCUT2D eigenvalue weighted by atomic mass is 28.3. The summed E-state index contributed by atoms with van der Waals surface area (Å²) in [4.78, 5) is 0. The summed E-state index contributed by atoms with van der Waals surface area (Å²) >= 11 is 0. The van der Waals surface area contributed by atoms with E-state index in [0.717, 1.165) is 12.1 Å². The lowest BCUT2D eigenvalue weighted by Crippen LogP contribution is -2.27. The standard InChI is InChI=1S/C10H12Si/c1-5-11(6-2)7-9(3)10(4)8-11/h1-2H,7-8H2,3-4H3. The van der Waals surface area contributed by atoms with Crippen LogP contribution in [0.25, 0.3) is 0 Å². The van der Waals surface area contributed by atoms with E-state index in [-0.39, 0.29) is 0 Å². The van der Waals surface area contributed by atoms with E-state index < -0.39 is 8.07 Å². The van der Waals surface area contributed by atoms with Gasteiger partial charge in [0, 0.05) is 0 Å². The Morgan fingerprint density at radius 1 is 1.09 bits per heavy atom. The zero-order chi connectivity index (χ0) is 8.48. The van der Waals surface area contributed by atoms with Gasteiger partial charge >= 0.3 is 0 Å². The molecule has 0 nitrogen and oxygen atoms in total. The van der Waals surface area contributed by atoms with Gasteiger partial charge in [-0.2, -0.15) is 0 Å². The Morgan fingerprint density at radius 3 is 1.64 bits per heavy atom. The van der Waals surface area contributed by atoms with Crippen LogP contribution in [-0.2, 0) is 0 Å². The summed E-state index contributed by atoms with van der Waals surface area (Å²) in [6.45, 7) is 4.28. The molecule has 0 fully saturated rings. The molecule has 11 heavy (non-hydrogen) atoms. The van der Waals surface area contributed by atoms with Gasteiger partial charge in [-0.25, -0.2) is 0 Å². The molecule has 1 aliphatic rings. The van der Waals surface area contributed by atoms with E-state index in [9.17, 15) is 0 Å². The van der Waals surface area contributed by atoms with Crippen molar-refractivity contribution in [2.24, 2.45) is 0 Å². The van der Waals surface area contributed by atoms with Crippen LogP contribution in [0.1, 0.15) is 13.8 Å². The van der Waals surface area contributed by atoms with Gasteiger partial charge in [0.15, 0.2) is 0 Å². The van der Waals surface area contributed by atoms with Gasteiger partial charge in [0.2, 0.25) is 8.07 Å². The highest BCUT2D eigenvalue weighted by Crippen LogP contribution is 2.33. The Hall–Kier alpha value is -0.923. The van der Waals surface area contributed by atoms with Crippen LogP contribution in [0.15, 0.2) is 11.1 Å². The van der Waals surface area contributed by atoms with E-state index in [2.05, 4.69) is 24.9 Å². The van der Waals surface area contributed by atoms with Gasteiger partial charge in [-0.3, -0.25) is 0 Å². The Morgan fingerprint density at radius 2 is 1.45 bits per heavy atom. The summed E-state index contributed by atoms with van der Waals surface area (Å²) in [5, 5.41) is 0.